The minimum Gasteiger partial charge on any atom is -0.494 e. The molecule has 1 aliphatic rings. The number of ether oxygens (including phenoxy) is 3. The highest BCUT2D eigenvalue weighted by Gasteiger charge is 2.38. The van der Waals surface area contributed by atoms with Crippen molar-refractivity contribution in [1.82, 2.24) is 5.32 Å². The van der Waals surface area contributed by atoms with E-state index in [1.54, 1.807) is 43.3 Å². The number of amides is 4. The van der Waals surface area contributed by atoms with E-state index in [4.69, 9.17) is 14.2 Å². The van der Waals surface area contributed by atoms with Crippen LogP contribution in [0.4, 0.5) is 14.9 Å². The van der Waals surface area contributed by atoms with Gasteiger partial charge in [0.05, 0.1) is 26.0 Å². The van der Waals surface area contributed by atoms with E-state index in [-0.39, 0.29) is 23.7 Å². The summed E-state index contributed by atoms with van der Waals surface area (Å²) in [6, 6.07) is 13.6. The Balaban J connectivity index is 1.65. The molecule has 1 saturated heterocycles. The van der Waals surface area contributed by atoms with Gasteiger partial charge in [0, 0.05) is 6.07 Å². The van der Waals surface area contributed by atoms with Gasteiger partial charge < -0.3 is 14.2 Å². The lowest BCUT2D eigenvalue weighted by Gasteiger charge is -2.28. The third kappa shape index (κ3) is 6.69. The highest BCUT2D eigenvalue weighted by molar-refractivity contribution is 14.1. The lowest BCUT2D eigenvalue weighted by Crippen LogP contribution is -2.54. The summed E-state index contributed by atoms with van der Waals surface area (Å²) in [6.07, 6.45) is 1.42. The molecule has 0 atom stereocenters. The van der Waals surface area contributed by atoms with E-state index in [1.807, 2.05) is 6.92 Å². The number of nitrogens with one attached hydrogen (secondary N) is 1. The molecule has 4 amide bonds. The van der Waals surface area contributed by atoms with E-state index >= 15 is 0 Å². The number of barbiturate groups is 1. The molecule has 8 nitrogen and oxygen atoms in total. The van der Waals surface area contributed by atoms with Crippen molar-refractivity contribution < 1.29 is 33.0 Å². The summed E-state index contributed by atoms with van der Waals surface area (Å²) in [5, 5.41) is 2.24. The van der Waals surface area contributed by atoms with Crippen LogP contribution in [-0.2, 0) is 16.2 Å². The van der Waals surface area contributed by atoms with E-state index in [9.17, 15) is 18.8 Å². The van der Waals surface area contributed by atoms with Crippen LogP contribution in [0, 0.1) is 13.0 Å². The predicted molar refractivity (Wildman–Crippen MR) is 160 cm³/mol. The second kappa shape index (κ2) is 12.8. The molecule has 1 aliphatic heterocycles. The number of nitrogens with zero attached hydrogens (tertiary/aromatic N) is 1. The minimum atomic E-state index is -0.887. The average molecular weight is 756 g/mol. The minimum absolute atomic E-state index is 0.161. The quantitative estimate of drug-likeness (QED) is 0.162. The maximum absolute atomic E-state index is 13.5. The number of urea groups is 1. The molecule has 0 bridgehead atoms. The number of hydrogen-bond donors (Lipinski definition) is 1. The molecule has 0 unspecified atom stereocenters. The van der Waals surface area contributed by atoms with Crippen molar-refractivity contribution in [2.75, 3.05) is 18.1 Å². The van der Waals surface area contributed by atoms with Crippen LogP contribution in [0.1, 0.15) is 25.0 Å². The highest BCUT2D eigenvalue weighted by atomic mass is 127. The molecule has 3 aromatic carbocycles. The Bertz CT molecular complexity index is 1450. The van der Waals surface area contributed by atoms with Gasteiger partial charge in [0.15, 0.2) is 0 Å². The van der Waals surface area contributed by atoms with E-state index in [2.05, 4.69) is 50.5 Å². The summed E-state index contributed by atoms with van der Waals surface area (Å²) >= 11 is 4.19. The van der Waals surface area contributed by atoms with Crippen LogP contribution in [-0.4, -0.2) is 31.1 Å². The van der Waals surface area contributed by atoms with Gasteiger partial charge in [0.1, 0.15) is 35.2 Å². The summed E-state index contributed by atoms with van der Waals surface area (Å²) in [5.41, 5.74) is 1.18. The average Bonchev–Trinajstić information content (AvgIpc) is 2.88. The van der Waals surface area contributed by atoms with Crippen molar-refractivity contribution in [3.63, 3.8) is 0 Å². The summed E-state index contributed by atoms with van der Waals surface area (Å²) < 4.78 is 32.0. The number of carbonyl (C=O) groups is 3. The first-order valence-electron chi connectivity index (χ1n) is 11.9. The molecule has 3 aromatic rings. The summed E-state index contributed by atoms with van der Waals surface area (Å²) in [4.78, 5) is 39.9. The zero-order valence-electron chi connectivity index (χ0n) is 20.9. The van der Waals surface area contributed by atoms with Crippen molar-refractivity contribution in [2.45, 2.75) is 20.5 Å². The topological polar surface area (TPSA) is 94.2 Å². The van der Waals surface area contributed by atoms with Gasteiger partial charge in [0.2, 0.25) is 0 Å². The van der Waals surface area contributed by atoms with Crippen LogP contribution in [0.25, 0.3) is 6.08 Å². The maximum atomic E-state index is 13.5. The Morgan fingerprint density at radius 2 is 1.64 bits per heavy atom. The molecule has 39 heavy (non-hydrogen) atoms. The summed E-state index contributed by atoms with van der Waals surface area (Å²) in [5.74, 6) is -0.623. The first-order chi connectivity index (χ1) is 18.7. The molecule has 1 fully saturated rings. The Morgan fingerprint density at radius 1 is 0.923 bits per heavy atom. The standard InChI is InChI=1S/C28H23FI2N2O6/c1-3-37-19-8-9-24(38-4-2)23(14-19)33-27(35)20(26(34)32-28(33)36)11-17-12-21(30)25(22(31)13-17)39-15-16-6-5-7-18(29)10-16/h5-14H,3-4,15H2,1-2H3,(H,32,34,36)/b20-11+. The fraction of sp³-hybridized carbons (Fsp3) is 0.179. The third-order valence-electron chi connectivity index (χ3n) is 5.49. The maximum Gasteiger partial charge on any atom is 0.336 e. The number of carbonyl (C=O) groups excluding carboxylic acids is 3. The second-order valence-electron chi connectivity index (χ2n) is 8.19. The molecule has 11 heteroatoms. The predicted octanol–water partition coefficient (Wildman–Crippen LogP) is 6.08. The van der Waals surface area contributed by atoms with E-state index in [1.165, 1.54) is 24.3 Å². The lowest BCUT2D eigenvalue weighted by molar-refractivity contribution is -0.122. The van der Waals surface area contributed by atoms with Crippen LogP contribution < -0.4 is 24.4 Å². The number of benzene rings is 3. The van der Waals surface area contributed by atoms with Gasteiger partial charge in [-0.05, 0) is 113 Å². The van der Waals surface area contributed by atoms with E-state index in [0.717, 1.165) is 12.0 Å². The van der Waals surface area contributed by atoms with Crippen LogP contribution in [0.3, 0.4) is 0 Å². The Morgan fingerprint density at radius 3 is 2.31 bits per heavy atom. The number of rotatable bonds is 9. The zero-order chi connectivity index (χ0) is 28.1. The molecule has 0 radical (unpaired) electrons. The molecule has 0 aliphatic carbocycles. The molecule has 1 N–H and O–H groups in total. The van der Waals surface area contributed by atoms with E-state index < -0.39 is 17.8 Å². The van der Waals surface area contributed by atoms with Gasteiger partial charge in [0.25, 0.3) is 11.8 Å². The van der Waals surface area contributed by atoms with Gasteiger partial charge in [-0.15, -0.1) is 0 Å². The van der Waals surface area contributed by atoms with Crippen LogP contribution in [0.5, 0.6) is 17.2 Å². The number of anilines is 1. The Labute approximate surface area is 251 Å². The van der Waals surface area contributed by atoms with Crippen LogP contribution >= 0.6 is 45.2 Å². The van der Waals surface area contributed by atoms with Gasteiger partial charge in [-0.1, -0.05) is 12.1 Å². The van der Waals surface area contributed by atoms with Gasteiger partial charge in [-0.25, -0.2) is 14.1 Å². The summed E-state index contributed by atoms with van der Waals surface area (Å²) in [6.45, 7) is 4.45. The second-order valence-corrected chi connectivity index (χ2v) is 10.5. The number of halogens is 3. The lowest BCUT2D eigenvalue weighted by atomic mass is 10.1. The zero-order valence-corrected chi connectivity index (χ0v) is 25.2. The fourth-order valence-electron chi connectivity index (χ4n) is 3.83. The Kier molecular flexibility index (Phi) is 9.43. The fourth-order valence-corrected chi connectivity index (χ4v) is 5.96. The first kappa shape index (κ1) is 28.8. The van der Waals surface area contributed by atoms with Gasteiger partial charge >= 0.3 is 6.03 Å². The van der Waals surface area contributed by atoms with Crippen molar-refractivity contribution in [2.24, 2.45) is 0 Å². The van der Waals surface area contributed by atoms with Crippen LogP contribution in [0.2, 0.25) is 0 Å². The van der Waals surface area contributed by atoms with Crippen molar-refractivity contribution in [3.05, 3.63) is 84.3 Å². The molecule has 0 aromatic heterocycles. The molecular weight excluding hydrogens is 733 g/mol. The number of imide groups is 2. The highest BCUT2D eigenvalue weighted by Crippen LogP contribution is 2.36. The van der Waals surface area contributed by atoms with Crippen molar-refractivity contribution >= 4 is 74.8 Å². The smallest absolute Gasteiger partial charge is 0.336 e. The van der Waals surface area contributed by atoms with E-state index in [0.29, 0.717) is 41.6 Å². The Hall–Kier alpha value is -3.20. The largest absolute Gasteiger partial charge is 0.494 e. The van der Waals surface area contributed by atoms with Crippen molar-refractivity contribution in [3.8, 4) is 17.2 Å². The normalized spacial score (nSPS) is 14.4. The molecule has 202 valence electrons. The molecule has 0 saturated carbocycles. The first-order valence-corrected chi connectivity index (χ1v) is 14.0. The molecule has 4 rings (SSSR count). The van der Waals surface area contributed by atoms with Gasteiger partial charge in [-0.2, -0.15) is 0 Å². The van der Waals surface area contributed by atoms with Gasteiger partial charge in [-0.3, -0.25) is 14.9 Å². The van der Waals surface area contributed by atoms with Crippen molar-refractivity contribution in [1.29, 1.82) is 0 Å². The molecule has 1 heterocycles. The summed E-state index contributed by atoms with van der Waals surface area (Å²) in [7, 11) is 0. The number of hydrogen-bond acceptors (Lipinski definition) is 6. The monoisotopic (exact) mass is 756 g/mol. The molecule has 0 spiro atoms. The SMILES string of the molecule is CCOc1ccc(OCC)c(N2C(=O)NC(=O)/C(=C\c3cc(I)c(OCc4cccc(F)c4)c(I)c3)C2=O)c1. The van der Waals surface area contributed by atoms with Crippen LogP contribution in [0.15, 0.2) is 60.2 Å². The third-order valence-corrected chi connectivity index (χ3v) is 7.09. The molecular formula is C28H23FI2N2O6.